The van der Waals surface area contributed by atoms with Crippen LogP contribution in [0.5, 0.6) is 0 Å². The molecule has 1 heterocycles. The number of aryl methyl sites for hydroxylation is 1. The highest BCUT2D eigenvalue weighted by Gasteiger charge is 2.32. The molecular formula is C25H23N3OS. The average Bonchev–Trinajstić information content (AvgIpc) is 3.31. The Morgan fingerprint density at radius 3 is 2.23 bits per heavy atom. The van der Waals surface area contributed by atoms with Crippen molar-refractivity contribution in [1.29, 1.82) is 0 Å². The molecule has 4 aromatic rings. The van der Waals surface area contributed by atoms with E-state index >= 15 is 0 Å². The first-order valence-electron chi connectivity index (χ1n) is 9.90. The molecule has 0 N–H and O–H groups in total. The van der Waals surface area contributed by atoms with Crippen molar-refractivity contribution in [2.24, 2.45) is 5.92 Å². The summed E-state index contributed by atoms with van der Waals surface area (Å²) in [6, 6.07) is 28.2. The van der Waals surface area contributed by atoms with Crippen LogP contribution in [0.15, 0.2) is 102 Å². The number of hydrogen-bond donors (Lipinski definition) is 0. The number of carbonyl (C=O) groups is 1. The number of Topliss-reactive ketones (excluding diaryl/α,β-unsaturated/α-hetero) is 1. The molecule has 0 spiro atoms. The third-order valence-corrected chi connectivity index (χ3v) is 6.42. The Labute approximate surface area is 181 Å². The minimum atomic E-state index is -0.303. The van der Waals surface area contributed by atoms with Gasteiger partial charge in [-0.25, -0.2) is 4.98 Å². The van der Waals surface area contributed by atoms with Crippen molar-refractivity contribution in [2.45, 2.75) is 23.6 Å². The lowest BCUT2D eigenvalue weighted by Crippen LogP contribution is -2.26. The highest BCUT2D eigenvalue weighted by molar-refractivity contribution is 7.99. The summed E-state index contributed by atoms with van der Waals surface area (Å²) < 4.78 is 1.75. The van der Waals surface area contributed by atoms with Crippen LogP contribution in [0.25, 0.3) is 0 Å². The molecule has 150 valence electrons. The van der Waals surface area contributed by atoms with Crippen molar-refractivity contribution in [3.63, 3.8) is 0 Å². The molecule has 3 aromatic carbocycles. The molecular weight excluding hydrogens is 390 g/mol. The lowest BCUT2D eigenvalue weighted by Gasteiger charge is -2.26. The van der Waals surface area contributed by atoms with Crippen molar-refractivity contribution in [3.05, 3.63) is 114 Å². The second-order valence-electron chi connectivity index (χ2n) is 7.22. The summed E-state index contributed by atoms with van der Waals surface area (Å²) in [6.07, 6.45) is 3.18. The van der Waals surface area contributed by atoms with Crippen LogP contribution in [0.2, 0.25) is 0 Å². The van der Waals surface area contributed by atoms with E-state index in [1.165, 1.54) is 11.9 Å². The summed E-state index contributed by atoms with van der Waals surface area (Å²) in [5.74, 6) is -0.192. The summed E-state index contributed by atoms with van der Waals surface area (Å²) >= 11 is 1.72. The van der Waals surface area contributed by atoms with E-state index in [0.717, 1.165) is 10.5 Å². The van der Waals surface area contributed by atoms with Gasteiger partial charge in [0.05, 0.1) is 12.5 Å². The third kappa shape index (κ3) is 4.86. The summed E-state index contributed by atoms with van der Waals surface area (Å²) in [5.41, 5.74) is 3.06. The number of hydrogen-bond acceptors (Lipinski definition) is 4. The molecule has 4 nitrogen and oxygen atoms in total. The molecule has 0 aliphatic rings. The molecule has 5 heteroatoms. The smallest absolute Gasteiger partial charge is 0.169 e. The Kier molecular flexibility index (Phi) is 6.40. The predicted molar refractivity (Wildman–Crippen MR) is 121 cm³/mol. The number of aromatic nitrogens is 3. The molecule has 0 amide bonds. The number of thioether (sulfide) groups is 1. The van der Waals surface area contributed by atoms with Crippen LogP contribution in [0, 0.1) is 12.8 Å². The first-order chi connectivity index (χ1) is 14.7. The van der Waals surface area contributed by atoms with Crippen LogP contribution < -0.4 is 0 Å². The monoisotopic (exact) mass is 413 g/mol. The maximum atomic E-state index is 13.7. The number of benzene rings is 3. The number of ketones is 1. The van der Waals surface area contributed by atoms with Crippen LogP contribution >= 0.6 is 11.8 Å². The number of carbonyl (C=O) groups excluding carboxylic acids is 1. The third-order valence-electron chi connectivity index (χ3n) is 5.02. The Hall–Kier alpha value is -3.18. The van der Waals surface area contributed by atoms with Gasteiger partial charge in [-0.2, -0.15) is 5.10 Å². The zero-order valence-electron chi connectivity index (χ0n) is 16.8. The fourth-order valence-electron chi connectivity index (χ4n) is 3.45. The number of nitrogens with zero attached hydrogens (tertiary/aromatic N) is 3. The maximum Gasteiger partial charge on any atom is 0.169 e. The van der Waals surface area contributed by atoms with E-state index in [4.69, 9.17) is 0 Å². The highest BCUT2D eigenvalue weighted by atomic mass is 32.2. The molecule has 0 bridgehead atoms. The molecule has 0 saturated carbocycles. The van der Waals surface area contributed by atoms with E-state index in [1.807, 2.05) is 48.5 Å². The van der Waals surface area contributed by atoms with Crippen molar-refractivity contribution in [3.8, 4) is 0 Å². The SMILES string of the molecule is Cc1ccc(S[C@H](c2ccccc2)[C@@H](Cn2cncn2)C(=O)c2ccccc2)cc1. The minimum Gasteiger partial charge on any atom is -0.294 e. The maximum absolute atomic E-state index is 13.7. The zero-order valence-corrected chi connectivity index (χ0v) is 17.6. The van der Waals surface area contributed by atoms with Gasteiger partial charge in [0, 0.05) is 15.7 Å². The molecule has 1 aromatic heterocycles. The van der Waals surface area contributed by atoms with Gasteiger partial charge >= 0.3 is 0 Å². The Balaban J connectivity index is 1.75. The van der Waals surface area contributed by atoms with Gasteiger partial charge in [-0.05, 0) is 24.6 Å². The van der Waals surface area contributed by atoms with E-state index in [0.29, 0.717) is 12.1 Å². The van der Waals surface area contributed by atoms with Crippen molar-refractivity contribution >= 4 is 17.5 Å². The Morgan fingerprint density at radius 2 is 1.60 bits per heavy atom. The summed E-state index contributed by atoms with van der Waals surface area (Å²) in [6.45, 7) is 2.54. The largest absolute Gasteiger partial charge is 0.294 e. The van der Waals surface area contributed by atoms with Gasteiger partial charge in [-0.15, -0.1) is 11.8 Å². The van der Waals surface area contributed by atoms with Gasteiger partial charge in [0.2, 0.25) is 0 Å². The molecule has 4 rings (SSSR count). The van der Waals surface area contributed by atoms with Crippen LogP contribution in [0.4, 0.5) is 0 Å². The van der Waals surface area contributed by atoms with Crippen LogP contribution in [-0.2, 0) is 6.54 Å². The quantitative estimate of drug-likeness (QED) is 0.278. The fourth-order valence-corrected chi connectivity index (χ4v) is 4.70. The van der Waals surface area contributed by atoms with Crippen LogP contribution in [0.3, 0.4) is 0 Å². The summed E-state index contributed by atoms with van der Waals surface area (Å²) in [7, 11) is 0. The van der Waals surface area contributed by atoms with Crippen molar-refractivity contribution in [2.75, 3.05) is 0 Å². The summed E-state index contributed by atoms with van der Waals surface area (Å²) in [4.78, 5) is 18.9. The molecule has 0 aliphatic carbocycles. The van der Waals surface area contributed by atoms with E-state index in [9.17, 15) is 4.79 Å². The average molecular weight is 414 g/mol. The molecule has 0 unspecified atom stereocenters. The topological polar surface area (TPSA) is 47.8 Å². The van der Waals surface area contributed by atoms with E-state index < -0.39 is 0 Å². The Morgan fingerprint density at radius 1 is 0.933 bits per heavy atom. The first kappa shape index (κ1) is 20.1. The van der Waals surface area contributed by atoms with Gasteiger partial charge in [0.1, 0.15) is 12.7 Å². The molecule has 2 atom stereocenters. The van der Waals surface area contributed by atoms with E-state index in [1.54, 1.807) is 22.8 Å². The molecule has 0 aliphatic heterocycles. The highest BCUT2D eigenvalue weighted by Crippen LogP contribution is 2.42. The van der Waals surface area contributed by atoms with Crippen molar-refractivity contribution in [1.82, 2.24) is 14.8 Å². The second-order valence-corrected chi connectivity index (χ2v) is 8.43. The lowest BCUT2D eigenvalue weighted by molar-refractivity contribution is 0.0901. The van der Waals surface area contributed by atoms with Gasteiger partial charge in [-0.3, -0.25) is 9.48 Å². The van der Waals surface area contributed by atoms with Crippen LogP contribution in [0.1, 0.15) is 26.7 Å². The molecule has 0 saturated heterocycles. The fraction of sp³-hybridized carbons (Fsp3) is 0.160. The lowest BCUT2D eigenvalue weighted by atomic mass is 9.90. The van der Waals surface area contributed by atoms with E-state index in [-0.39, 0.29) is 17.0 Å². The molecule has 0 fully saturated rings. The first-order valence-corrected chi connectivity index (χ1v) is 10.8. The van der Waals surface area contributed by atoms with Gasteiger partial charge in [0.25, 0.3) is 0 Å². The van der Waals surface area contributed by atoms with Crippen molar-refractivity contribution < 1.29 is 4.79 Å². The van der Waals surface area contributed by atoms with Gasteiger partial charge < -0.3 is 0 Å². The van der Waals surface area contributed by atoms with E-state index in [2.05, 4.69) is 53.4 Å². The standard InChI is InChI=1S/C25H23N3OS/c1-19-12-14-22(15-13-19)30-25(21-10-6-3-7-11-21)23(16-28-18-26-17-27-28)24(29)20-8-4-2-5-9-20/h2-15,17-18,23,25H,16H2,1H3/t23-,25+/m0/s1. The minimum absolute atomic E-state index is 0.0641. The zero-order chi connectivity index (χ0) is 20.8. The van der Waals surface area contributed by atoms with Gasteiger partial charge in [0.15, 0.2) is 5.78 Å². The predicted octanol–water partition coefficient (Wildman–Crippen LogP) is 5.62. The molecule has 30 heavy (non-hydrogen) atoms. The van der Waals surface area contributed by atoms with Gasteiger partial charge in [-0.1, -0.05) is 78.4 Å². The number of rotatable bonds is 8. The normalized spacial score (nSPS) is 13.0. The summed E-state index contributed by atoms with van der Waals surface area (Å²) in [5, 5.41) is 4.21. The molecule has 0 radical (unpaired) electrons. The van der Waals surface area contributed by atoms with Crippen LogP contribution in [-0.4, -0.2) is 20.5 Å². The second kappa shape index (κ2) is 9.55. The Bertz CT molecular complexity index is 1060.